The van der Waals surface area contributed by atoms with Crippen molar-refractivity contribution >= 4 is 27.6 Å². The highest BCUT2D eigenvalue weighted by Gasteiger charge is 2.32. The Kier molecular flexibility index (Phi) is 4.14. The van der Waals surface area contributed by atoms with Crippen molar-refractivity contribution in [1.82, 2.24) is 19.4 Å². The number of hydrogen-bond acceptors (Lipinski definition) is 5. The number of aromatic amines is 2. The van der Waals surface area contributed by atoms with E-state index in [0.717, 1.165) is 42.0 Å². The molecule has 2 aliphatic heterocycles. The molecule has 0 bridgehead atoms. The summed E-state index contributed by atoms with van der Waals surface area (Å²) in [6, 6.07) is 16.0. The zero-order chi connectivity index (χ0) is 20.9. The molecule has 0 radical (unpaired) electrons. The molecule has 2 aliphatic rings. The van der Waals surface area contributed by atoms with Crippen molar-refractivity contribution in [2.75, 3.05) is 37.7 Å². The number of piperazine rings is 1. The summed E-state index contributed by atoms with van der Waals surface area (Å²) in [4.78, 5) is 36.5. The van der Waals surface area contributed by atoms with Crippen LogP contribution in [0.4, 0.5) is 5.69 Å². The molecule has 1 saturated heterocycles. The zero-order valence-electron chi connectivity index (χ0n) is 17.0. The lowest BCUT2D eigenvalue weighted by Gasteiger charge is -2.45. The standard InChI is InChI=1S/C23H23N5O3/c29-22-21-20(16-5-1-2-6-17(16)24-21)25-23(30)28(22)12-10-26-9-11-27-15(13-26)14-31-19-8-4-3-7-18(19)27/h1-8,15,24H,9-14H2,(H,25,30). The van der Waals surface area contributed by atoms with E-state index >= 15 is 0 Å². The Bertz CT molecular complexity index is 1400. The highest BCUT2D eigenvalue weighted by atomic mass is 16.5. The molecule has 1 fully saturated rings. The third-order valence-electron chi connectivity index (χ3n) is 6.45. The summed E-state index contributed by atoms with van der Waals surface area (Å²) in [6.07, 6.45) is 0. The molecule has 0 aliphatic carbocycles. The number of anilines is 1. The molecule has 4 heterocycles. The lowest BCUT2D eigenvalue weighted by atomic mass is 10.1. The summed E-state index contributed by atoms with van der Waals surface area (Å²) >= 11 is 0. The summed E-state index contributed by atoms with van der Waals surface area (Å²) in [5.41, 5.74) is 2.38. The normalized spacial score (nSPS) is 18.7. The number of hydrogen-bond donors (Lipinski definition) is 2. The second-order valence-electron chi connectivity index (χ2n) is 8.23. The van der Waals surface area contributed by atoms with Gasteiger partial charge in [-0.15, -0.1) is 0 Å². The Morgan fingerprint density at radius 2 is 1.77 bits per heavy atom. The summed E-state index contributed by atoms with van der Waals surface area (Å²) in [7, 11) is 0. The molecule has 0 saturated carbocycles. The smallest absolute Gasteiger partial charge is 0.328 e. The molecule has 6 rings (SSSR count). The van der Waals surface area contributed by atoms with Crippen LogP contribution in [0.25, 0.3) is 21.9 Å². The second kappa shape index (κ2) is 7.02. The van der Waals surface area contributed by atoms with Crippen molar-refractivity contribution in [3.05, 3.63) is 69.4 Å². The first-order chi connectivity index (χ1) is 15.2. The average Bonchev–Trinajstić information content (AvgIpc) is 3.17. The molecule has 1 atom stereocenters. The molecular weight excluding hydrogens is 394 g/mol. The van der Waals surface area contributed by atoms with Crippen LogP contribution in [0.15, 0.2) is 58.1 Å². The minimum atomic E-state index is -0.365. The Morgan fingerprint density at radius 1 is 0.935 bits per heavy atom. The van der Waals surface area contributed by atoms with Gasteiger partial charge in [0, 0.05) is 43.6 Å². The van der Waals surface area contributed by atoms with Crippen LogP contribution in [0.5, 0.6) is 5.75 Å². The number of nitrogens with one attached hydrogen (secondary N) is 2. The predicted octanol–water partition coefficient (Wildman–Crippen LogP) is 1.75. The third kappa shape index (κ3) is 2.94. The molecule has 8 heteroatoms. The number of para-hydroxylation sites is 3. The van der Waals surface area contributed by atoms with Gasteiger partial charge in [0.2, 0.25) is 0 Å². The molecular formula is C23H23N5O3. The Balaban J connectivity index is 1.22. The van der Waals surface area contributed by atoms with Gasteiger partial charge in [0.05, 0.1) is 17.2 Å². The predicted molar refractivity (Wildman–Crippen MR) is 120 cm³/mol. The quantitative estimate of drug-likeness (QED) is 0.531. The zero-order valence-corrected chi connectivity index (χ0v) is 17.0. The van der Waals surface area contributed by atoms with Gasteiger partial charge in [-0.1, -0.05) is 30.3 Å². The van der Waals surface area contributed by atoms with Crippen LogP contribution in [0, 0.1) is 0 Å². The van der Waals surface area contributed by atoms with Crippen LogP contribution in [-0.4, -0.2) is 58.3 Å². The number of benzene rings is 2. The molecule has 2 N–H and O–H groups in total. The van der Waals surface area contributed by atoms with Gasteiger partial charge in [-0.3, -0.25) is 14.3 Å². The van der Waals surface area contributed by atoms with Crippen LogP contribution in [-0.2, 0) is 6.54 Å². The van der Waals surface area contributed by atoms with Gasteiger partial charge in [0.1, 0.15) is 17.9 Å². The molecule has 1 unspecified atom stereocenters. The van der Waals surface area contributed by atoms with Crippen molar-refractivity contribution in [3.63, 3.8) is 0 Å². The van der Waals surface area contributed by atoms with Gasteiger partial charge in [-0.2, -0.15) is 0 Å². The molecule has 31 heavy (non-hydrogen) atoms. The number of H-pyrrole nitrogens is 2. The van der Waals surface area contributed by atoms with E-state index in [9.17, 15) is 9.59 Å². The molecule has 2 aromatic heterocycles. The van der Waals surface area contributed by atoms with Crippen molar-refractivity contribution in [1.29, 1.82) is 0 Å². The molecule has 2 aromatic carbocycles. The first kappa shape index (κ1) is 18.3. The van der Waals surface area contributed by atoms with Gasteiger partial charge >= 0.3 is 5.69 Å². The van der Waals surface area contributed by atoms with Crippen LogP contribution in [0.3, 0.4) is 0 Å². The maximum Gasteiger partial charge on any atom is 0.328 e. The average molecular weight is 417 g/mol. The summed E-state index contributed by atoms with van der Waals surface area (Å²) in [5, 5.41) is 0.854. The summed E-state index contributed by atoms with van der Waals surface area (Å²) in [5.74, 6) is 0.942. The highest BCUT2D eigenvalue weighted by molar-refractivity contribution is 6.04. The fourth-order valence-corrected chi connectivity index (χ4v) is 4.86. The Labute approximate surface area is 177 Å². The monoisotopic (exact) mass is 417 g/mol. The van der Waals surface area contributed by atoms with E-state index in [4.69, 9.17) is 4.74 Å². The number of nitrogens with zero attached hydrogens (tertiary/aromatic N) is 3. The van der Waals surface area contributed by atoms with E-state index < -0.39 is 0 Å². The SMILES string of the molecule is O=c1[nH]c2c([nH]c3ccccc32)c(=O)n1CCN1CCN2c3ccccc3OCC2C1. The number of aromatic nitrogens is 3. The maximum atomic E-state index is 13.0. The summed E-state index contributed by atoms with van der Waals surface area (Å²) in [6.45, 7) is 4.26. The first-order valence-corrected chi connectivity index (χ1v) is 10.6. The van der Waals surface area contributed by atoms with Gasteiger partial charge in [-0.25, -0.2) is 4.79 Å². The highest BCUT2D eigenvalue weighted by Crippen LogP contribution is 2.34. The van der Waals surface area contributed by atoms with Crippen LogP contribution < -0.4 is 20.9 Å². The lowest BCUT2D eigenvalue weighted by molar-refractivity contribution is 0.163. The van der Waals surface area contributed by atoms with E-state index in [0.29, 0.717) is 30.7 Å². The molecule has 0 spiro atoms. The minimum absolute atomic E-state index is 0.273. The maximum absolute atomic E-state index is 13.0. The van der Waals surface area contributed by atoms with Crippen molar-refractivity contribution in [2.45, 2.75) is 12.6 Å². The number of rotatable bonds is 3. The van der Waals surface area contributed by atoms with Crippen molar-refractivity contribution in [2.24, 2.45) is 0 Å². The van der Waals surface area contributed by atoms with E-state index in [1.54, 1.807) is 0 Å². The topological polar surface area (TPSA) is 86.4 Å². The summed E-state index contributed by atoms with van der Waals surface area (Å²) < 4.78 is 7.24. The van der Waals surface area contributed by atoms with Crippen LogP contribution >= 0.6 is 0 Å². The van der Waals surface area contributed by atoms with Crippen LogP contribution in [0.1, 0.15) is 0 Å². The lowest BCUT2D eigenvalue weighted by Crippen LogP contribution is -2.57. The largest absolute Gasteiger partial charge is 0.489 e. The Morgan fingerprint density at radius 3 is 2.71 bits per heavy atom. The second-order valence-corrected chi connectivity index (χ2v) is 8.23. The first-order valence-electron chi connectivity index (χ1n) is 10.6. The fraction of sp³-hybridized carbons (Fsp3) is 0.304. The van der Waals surface area contributed by atoms with Gasteiger partial charge in [0.15, 0.2) is 0 Å². The van der Waals surface area contributed by atoms with Crippen molar-refractivity contribution < 1.29 is 4.74 Å². The molecule has 0 amide bonds. The van der Waals surface area contributed by atoms with E-state index in [1.165, 1.54) is 4.57 Å². The molecule has 158 valence electrons. The molecule has 8 nitrogen and oxygen atoms in total. The minimum Gasteiger partial charge on any atom is -0.489 e. The third-order valence-corrected chi connectivity index (χ3v) is 6.45. The van der Waals surface area contributed by atoms with E-state index in [2.05, 4.69) is 25.8 Å². The van der Waals surface area contributed by atoms with Crippen LogP contribution in [0.2, 0.25) is 0 Å². The van der Waals surface area contributed by atoms with E-state index in [-0.39, 0.29) is 17.3 Å². The number of ether oxygens (including phenoxy) is 1. The Hall–Kier alpha value is -3.52. The van der Waals surface area contributed by atoms with Gasteiger partial charge < -0.3 is 19.6 Å². The number of fused-ring (bicyclic) bond motifs is 6. The van der Waals surface area contributed by atoms with Crippen molar-refractivity contribution in [3.8, 4) is 5.75 Å². The molecule has 4 aromatic rings. The van der Waals surface area contributed by atoms with Gasteiger partial charge in [-0.05, 0) is 18.2 Å². The van der Waals surface area contributed by atoms with Gasteiger partial charge in [0.25, 0.3) is 5.56 Å². The fourth-order valence-electron chi connectivity index (χ4n) is 4.86. The van der Waals surface area contributed by atoms with E-state index in [1.807, 2.05) is 42.5 Å².